The van der Waals surface area contributed by atoms with E-state index < -0.39 is 40.8 Å². The molecule has 0 aliphatic heterocycles. The van der Waals surface area contributed by atoms with Crippen molar-refractivity contribution in [3.05, 3.63) is 35.1 Å². The van der Waals surface area contributed by atoms with Crippen LogP contribution in [0.5, 0.6) is 0 Å². The molecule has 132 valence electrons. The van der Waals surface area contributed by atoms with Gasteiger partial charge in [-0.3, -0.25) is 9.59 Å². The molecule has 1 fully saturated rings. The normalized spacial score (nSPS) is 17.2. The van der Waals surface area contributed by atoms with Crippen LogP contribution in [0.25, 0.3) is 0 Å². The maximum atomic E-state index is 13.6. The average molecular weight is 347 g/mol. The molecular weight excluding hydrogens is 330 g/mol. The Balaban J connectivity index is 2.29. The van der Waals surface area contributed by atoms with Crippen molar-refractivity contribution in [2.45, 2.75) is 31.4 Å². The number of benzene rings is 1. The Kier molecular flexibility index (Phi) is 4.61. The smallest absolute Gasteiger partial charge is 0.416 e. The van der Waals surface area contributed by atoms with Gasteiger partial charge >= 0.3 is 12.1 Å². The fraction of sp³-hybridized carbons (Fsp3) is 0.500. The van der Waals surface area contributed by atoms with Crippen molar-refractivity contribution in [1.82, 2.24) is 4.90 Å². The fourth-order valence-corrected chi connectivity index (χ4v) is 2.72. The molecule has 0 aromatic heterocycles. The summed E-state index contributed by atoms with van der Waals surface area (Å²) in [5, 5.41) is 8.90. The molecule has 0 spiro atoms. The van der Waals surface area contributed by atoms with Crippen LogP contribution >= 0.6 is 0 Å². The molecule has 1 aliphatic carbocycles. The largest absolute Gasteiger partial charge is 0.481 e. The molecular formula is C16H17F4NO3. The van der Waals surface area contributed by atoms with E-state index in [2.05, 4.69) is 0 Å². The zero-order chi connectivity index (χ0) is 18.3. The van der Waals surface area contributed by atoms with Gasteiger partial charge in [-0.1, -0.05) is 6.92 Å². The average Bonchev–Trinajstić information content (AvgIpc) is 3.26. The molecule has 4 nitrogen and oxygen atoms in total. The first-order valence-electron chi connectivity index (χ1n) is 7.34. The lowest BCUT2D eigenvalue weighted by Crippen LogP contribution is -2.40. The summed E-state index contributed by atoms with van der Waals surface area (Å²) in [4.78, 5) is 24.7. The summed E-state index contributed by atoms with van der Waals surface area (Å²) in [5.74, 6) is -3.44. The van der Waals surface area contributed by atoms with Crippen LogP contribution in [0.15, 0.2) is 18.2 Å². The molecule has 1 unspecified atom stereocenters. The van der Waals surface area contributed by atoms with E-state index in [4.69, 9.17) is 5.11 Å². The standard InChI is InChI=1S/C16H17F4NO3/c1-9(13(22)23)8-21(2)14(24)15(3-4-15)10-5-11(16(18,19)20)7-12(17)6-10/h5-7,9H,3-4,8H2,1-2H3,(H,22,23). The van der Waals surface area contributed by atoms with Gasteiger partial charge in [0.25, 0.3) is 0 Å². The highest BCUT2D eigenvalue weighted by Crippen LogP contribution is 2.50. The molecule has 24 heavy (non-hydrogen) atoms. The van der Waals surface area contributed by atoms with Gasteiger partial charge in [-0.05, 0) is 36.6 Å². The summed E-state index contributed by atoms with van der Waals surface area (Å²) in [5.41, 5.74) is -2.36. The van der Waals surface area contributed by atoms with Crippen molar-refractivity contribution in [1.29, 1.82) is 0 Å². The molecule has 1 saturated carbocycles. The lowest BCUT2D eigenvalue weighted by Gasteiger charge is -2.25. The molecule has 1 N–H and O–H groups in total. The van der Waals surface area contributed by atoms with Gasteiger partial charge < -0.3 is 10.0 Å². The van der Waals surface area contributed by atoms with Crippen molar-refractivity contribution < 1.29 is 32.3 Å². The molecule has 8 heteroatoms. The van der Waals surface area contributed by atoms with E-state index in [9.17, 15) is 27.2 Å². The number of carboxylic acid groups (broad SMARTS) is 1. The molecule has 1 atom stereocenters. The van der Waals surface area contributed by atoms with Gasteiger partial charge in [-0.15, -0.1) is 0 Å². The van der Waals surface area contributed by atoms with Crippen molar-refractivity contribution in [3.8, 4) is 0 Å². The van der Waals surface area contributed by atoms with Gasteiger partial charge in [0.05, 0.1) is 16.9 Å². The highest BCUT2D eigenvalue weighted by molar-refractivity contribution is 5.91. The van der Waals surface area contributed by atoms with E-state index >= 15 is 0 Å². The van der Waals surface area contributed by atoms with Crippen molar-refractivity contribution in [3.63, 3.8) is 0 Å². The zero-order valence-corrected chi connectivity index (χ0v) is 13.2. The van der Waals surface area contributed by atoms with Gasteiger partial charge in [0.15, 0.2) is 0 Å². The number of amides is 1. The summed E-state index contributed by atoms with van der Waals surface area (Å²) < 4.78 is 52.1. The minimum absolute atomic E-state index is 0.0188. The van der Waals surface area contributed by atoms with Gasteiger partial charge in [0.2, 0.25) is 5.91 Å². The minimum Gasteiger partial charge on any atom is -0.481 e. The molecule has 1 aromatic rings. The number of hydrogen-bond donors (Lipinski definition) is 1. The van der Waals surface area contributed by atoms with Gasteiger partial charge in [-0.2, -0.15) is 13.2 Å². The first-order chi connectivity index (χ1) is 11.0. The van der Waals surface area contributed by atoms with Crippen molar-refractivity contribution in [2.24, 2.45) is 5.92 Å². The van der Waals surface area contributed by atoms with Crippen LogP contribution < -0.4 is 0 Å². The van der Waals surface area contributed by atoms with Gasteiger partial charge in [0.1, 0.15) is 5.82 Å². The number of likely N-dealkylation sites (N-methyl/N-ethyl adjacent to an activating group) is 1. The van der Waals surface area contributed by atoms with Gasteiger partial charge in [-0.25, -0.2) is 4.39 Å². The number of aliphatic carboxylic acids is 1. The monoisotopic (exact) mass is 347 g/mol. The van der Waals surface area contributed by atoms with Crippen molar-refractivity contribution in [2.75, 3.05) is 13.6 Å². The molecule has 1 aromatic carbocycles. The number of nitrogens with zero attached hydrogens (tertiary/aromatic N) is 1. The Bertz CT molecular complexity index is 668. The van der Waals surface area contributed by atoms with Crippen LogP contribution in [0.3, 0.4) is 0 Å². The third-order valence-electron chi connectivity index (χ3n) is 4.25. The molecule has 1 amide bonds. The van der Waals surface area contributed by atoms with E-state index in [0.717, 1.165) is 12.1 Å². The van der Waals surface area contributed by atoms with Gasteiger partial charge in [0, 0.05) is 13.6 Å². The second-order valence-electron chi connectivity index (χ2n) is 6.23. The molecule has 1 aliphatic rings. The highest BCUT2D eigenvalue weighted by atomic mass is 19.4. The highest BCUT2D eigenvalue weighted by Gasteiger charge is 2.53. The van der Waals surface area contributed by atoms with E-state index in [-0.39, 0.29) is 12.1 Å². The topological polar surface area (TPSA) is 57.6 Å². The first kappa shape index (κ1) is 18.2. The van der Waals surface area contributed by atoms with E-state index in [0.29, 0.717) is 18.9 Å². The van der Waals surface area contributed by atoms with Crippen molar-refractivity contribution >= 4 is 11.9 Å². The lowest BCUT2D eigenvalue weighted by molar-refractivity contribution is -0.143. The molecule has 2 rings (SSSR count). The third kappa shape index (κ3) is 3.52. The van der Waals surface area contributed by atoms with E-state index in [1.54, 1.807) is 0 Å². The second-order valence-corrected chi connectivity index (χ2v) is 6.23. The van der Waals surface area contributed by atoms with E-state index in [1.807, 2.05) is 0 Å². The first-order valence-corrected chi connectivity index (χ1v) is 7.34. The molecule has 0 radical (unpaired) electrons. The van der Waals surface area contributed by atoms with Crippen LogP contribution in [0.4, 0.5) is 17.6 Å². The number of carbonyl (C=O) groups excluding carboxylic acids is 1. The summed E-state index contributed by atoms with van der Waals surface area (Å²) in [6.45, 7) is 1.35. The number of carboxylic acids is 1. The lowest BCUT2D eigenvalue weighted by atomic mass is 9.92. The SMILES string of the molecule is CC(CN(C)C(=O)C1(c2cc(F)cc(C(F)(F)F)c2)CC1)C(=O)O. The number of rotatable bonds is 5. The van der Waals surface area contributed by atoms with Crippen LogP contribution in [-0.2, 0) is 21.2 Å². The summed E-state index contributed by atoms with van der Waals surface area (Å²) in [6.07, 6.45) is -4.10. The van der Waals surface area contributed by atoms with E-state index in [1.165, 1.54) is 18.9 Å². The predicted molar refractivity (Wildman–Crippen MR) is 76.8 cm³/mol. The number of hydrogen-bond acceptors (Lipinski definition) is 2. The molecule has 0 bridgehead atoms. The van der Waals surface area contributed by atoms with Crippen LogP contribution in [0, 0.1) is 11.7 Å². The summed E-state index contributed by atoms with van der Waals surface area (Å²) >= 11 is 0. The Morgan fingerprint density at radius 2 is 1.88 bits per heavy atom. The summed E-state index contributed by atoms with van der Waals surface area (Å²) in [6, 6.07) is 2.12. The molecule has 0 heterocycles. The Labute approximate surface area is 136 Å². The predicted octanol–water partition coefficient (Wildman–Crippen LogP) is 3.06. The van der Waals surface area contributed by atoms with Crippen LogP contribution in [0.1, 0.15) is 30.9 Å². The Morgan fingerprint density at radius 3 is 2.33 bits per heavy atom. The Morgan fingerprint density at radius 1 is 1.29 bits per heavy atom. The van der Waals surface area contributed by atoms with Crippen LogP contribution in [-0.4, -0.2) is 35.5 Å². The Hall–Kier alpha value is -2.12. The number of carbonyl (C=O) groups is 2. The maximum Gasteiger partial charge on any atom is 0.416 e. The van der Waals surface area contributed by atoms with Crippen LogP contribution in [0.2, 0.25) is 0 Å². The fourth-order valence-electron chi connectivity index (χ4n) is 2.72. The quantitative estimate of drug-likeness (QED) is 0.833. The summed E-state index contributed by atoms with van der Waals surface area (Å²) in [7, 11) is 1.39. The second kappa shape index (κ2) is 6.07. The third-order valence-corrected chi connectivity index (χ3v) is 4.25. The minimum atomic E-state index is -4.71. The maximum absolute atomic E-state index is 13.6. The molecule has 0 saturated heterocycles. The number of alkyl halides is 3. The zero-order valence-electron chi connectivity index (χ0n) is 13.2. The number of halogens is 4.